The zero-order valence-corrected chi connectivity index (χ0v) is 10.2. The highest BCUT2D eigenvalue weighted by atomic mass is 79.9. The van der Waals surface area contributed by atoms with Crippen LogP contribution in [0.25, 0.3) is 0 Å². The molecule has 0 atom stereocenters. The second-order valence-corrected chi connectivity index (χ2v) is 4.15. The van der Waals surface area contributed by atoms with E-state index in [9.17, 15) is 0 Å². The van der Waals surface area contributed by atoms with Crippen molar-refractivity contribution < 1.29 is 4.74 Å². The van der Waals surface area contributed by atoms with Gasteiger partial charge in [0, 0.05) is 0 Å². The summed E-state index contributed by atoms with van der Waals surface area (Å²) in [6.07, 6.45) is 2.73. The number of halogens is 1. The number of hydrogen-bond acceptors (Lipinski definition) is 1. The van der Waals surface area contributed by atoms with Crippen LogP contribution in [0.4, 0.5) is 0 Å². The number of ether oxygens (including phenoxy) is 1. The first-order valence-electron chi connectivity index (χ1n) is 4.65. The summed E-state index contributed by atoms with van der Waals surface area (Å²) < 4.78 is 6.61. The van der Waals surface area contributed by atoms with E-state index in [0.29, 0.717) is 6.61 Å². The highest BCUT2D eigenvalue weighted by molar-refractivity contribution is 9.10. The molecule has 0 fully saturated rings. The van der Waals surface area contributed by atoms with Crippen molar-refractivity contribution in [2.75, 3.05) is 6.61 Å². The van der Waals surface area contributed by atoms with Crippen molar-refractivity contribution in [3.8, 4) is 5.75 Å². The summed E-state index contributed by atoms with van der Waals surface area (Å²) in [7, 11) is 0. The first kappa shape index (κ1) is 11.3. The van der Waals surface area contributed by atoms with Gasteiger partial charge in [0.2, 0.25) is 0 Å². The molecule has 0 bridgehead atoms. The number of hydrogen-bond donors (Lipinski definition) is 0. The maximum atomic E-state index is 5.59. The molecule has 0 aliphatic carbocycles. The number of aryl methyl sites for hydroxylation is 2. The van der Waals surface area contributed by atoms with Crippen LogP contribution in [-0.2, 0) is 0 Å². The molecule has 1 rings (SSSR count). The van der Waals surface area contributed by atoms with Gasteiger partial charge in [-0.3, -0.25) is 0 Å². The smallest absolute Gasteiger partial charge is 0.133 e. The van der Waals surface area contributed by atoms with E-state index in [4.69, 9.17) is 4.74 Å². The van der Waals surface area contributed by atoms with Gasteiger partial charge in [-0.05, 0) is 59.5 Å². The quantitative estimate of drug-likeness (QED) is 0.583. The minimum absolute atomic E-state index is 0.685. The summed E-state index contributed by atoms with van der Waals surface area (Å²) in [5.41, 5.74) is 2.52. The first-order valence-corrected chi connectivity index (χ1v) is 5.45. The molecule has 0 amide bonds. The lowest BCUT2D eigenvalue weighted by Crippen LogP contribution is -1.97. The van der Waals surface area contributed by atoms with E-state index in [0.717, 1.165) is 16.6 Å². The Bertz CT molecular complexity index is 331. The topological polar surface area (TPSA) is 9.23 Å². The molecule has 0 saturated carbocycles. The fraction of sp³-hybridized carbons (Fsp3) is 0.333. The van der Waals surface area contributed by atoms with Gasteiger partial charge in [0.1, 0.15) is 5.75 Å². The van der Waals surface area contributed by atoms with E-state index >= 15 is 0 Å². The van der Waals surface area contributed by atoms with Crippen LogP contribution in [0.15, 0.2) is 29.3 Å². The standard InChI is InChI=1S/C12H15BrO/c1-4-5-6-14-12-8-10(3)9(2)7-11(12)13/h4,7-8H,1,5-6H2,2-3H3. The van der Waals surface area contributed by atoms with Crippen molar-refractivity contribution in [2.45, 2.75) is 20.3 Å². The Labute approximate surface area is 93.9 Å². The summed E-state index contributed by atoms with van der Waals surface area (Å²) in [6.45, 7) is 8.52. The van der Waals surface area contributed by atoms with E-state index < -0.39 is 0 Å². The lowest BCUT2D eigenvalue weighted by molar-refractivity contribution is 0.323. The zero-order valence-electron chi connectivity index (χ0n) is 8.64. The second-order valence-electron chi connectivity index (χ2n) is 3.29. The fourth-order valence-electron chi connectivity index (χ4n) is 1.12. The van der Waals surface area contributed by atoms with E-state index in [1.807, 2.05) is 6.08 Å². The molecule has 0 aliphatic heterocycles. The third-order valence-corrected chi connectivity index (χ3v) is 2.75. The third-order valence-electron chi connectivity index (χ3n) is 2.13. The maximum absolute atomic E-state index is 5.59. The largest absolute Gasteiger partial charge is 0.492 e. The summed E-state index contributed by atoms with van der Waals surface area (Å²) >= 11 is 3.48. The Morgan fingerprint density at radius 2 is 2.00 bits per heavy atom. The van der Waals surface area contributed by atoms with Crippen LogP contribution in [0.1, 0.15) is 17.5 Å². The molecule has 0 heterocycles. The molecular formula is C12H15BrO. The van der Waals surface area contributed by atoms with Crippen LogP contribution in [0.2, 0.25) is 0 Å². The van der Waals surface area contributed by atoms with Gasteiger partial charge in [0.15, 0.2) is 0 Å². The van der Waals surface area contributed by atoms with E-state index in [1.54, 1.807) is 0 Å². The van der Waals surface area contributed by atoms with Crippen LogP contribution in [0.5, 0.6) is 5.75 Å². The van der Waals surface area contributed by atoms with Gasteiger partial charge < -0.3 is 4.74 Å². The molecule has 0 N–H and O–H groups in total. The predicted molar refractivity (Wildman–Crippen MR) is 63.9 cm³/mol. The van der Waals surface area contributed by atoms with Gasteiger partial charge in [-0.2, -0.15) is 0 Å². The summed E-state index contributed by atoms with van der Waals surface area (Å²) in [5.74, 6) is 0.912. The number of rotatable bonds is 4. The average Bonchev–Trinajstić information content (AvgIpc) is 2.14. The minimum atomic E-state index is 0.685. The molecule has 0 aliphatic rings. The monoisotopic (exact) mass is 254 g/mol. The molecule has 0 unspecified atom stereocenters. The maximum Gasteiger partial charge on any atom is 0.133 e. The Morgan fingerprint density at radius 1 is 1.36 bits per heavy atom. The van der Waals surface area contributed by atoms with Crippen molar-refractivity contribution in [2.24, 2.45) is 0 Å². The third kappa shape index (κ3) is 2.88. The fourth-order valence-corrected chi connectivity index (χ4v) is 1.69. The molecular weight excluding hydrogens is 240 g/mol. The Kier molecular flexibility index (Phi) is 4.21. The molecule has 0 radical (unpaired) electrons. The van der Waals surface area contributed by atoms with Crippen molar-refractivity contribution in [1.82, 2.24) is 0 Å². The molecule has 0 saturated heterocycles. The van der Waals surface area contributed by atoms with Crippen LogP contribution >= 0.6 is 15.9 Å². The molecule has 1 aromatic carbocycles. The van der Waals surface area contributed by atoms with Crippen LogP contribution in [-0.4, -0.2) is 6.61 Å². The molecule has 76 valence electrons. The van der Waals surface area contributed by atoms with E-state index in [-0.39, 0.29) is 0 Å². The highest BCUT2D eigenvalue weighted by Gasteiger charge is 2.03. The van der Waals surface area contributed by atoms with Gasteiger partial charge in [-0.15, -0.1) is 6.58 Å². The molecule has 14 heavy (non-hydrogen) atoms. The van der Waals surface area contributed by atoms with Gasteiger partial charge in [0.25, 0.3) is 0 Å². The average molecular weight is 255 g/mol. The van der Waals surface area contributed by atoms with E-state index in [2.05, 4.69) is 48.5 Å². The second kappa shape index (κ2) is 5.20. The molecule has 1 aromatic rings. The highest BCUT2D eigenvalue weighted by Crippen LogP contribution is 2.28. The SMILES string of the molecule is C=CCCOc1cc(C)c(C)cc1Br. The summed E-state index contributed by atoms with van der Waals surface area (Å²) in [5, 5.41) is 0. The van der Waals surface area contributed by atoms with Gasteiger partial charge in [-0.25, -0.2) is 0 Å². The van der Waals surface area contributed by atoms with Crippen LogP contribution in [0.3, 0.4) is 0 Å². The van der Waals surface area contributed by atoms with Crippen LogP contribution < -0.4 is 4.74 Å². The van der Waals surface area contributed by atoms with Gasteiger partial charge in [0.05, 0.1) is 11.1 Å². The molecule has 2 heteroatoms. The summed E-state index contributed by atoms with van der Waals surface area (Å²) in [4.78, 5) is 0. The lowest BCUT2D eigenvalue weighted by atomic mass is 10.1. The van der Waals surface area contributed by atoms with Gasteiger partial charge in [-0.1, -0.05) is 6.08 Å². The van der Waals surface area contributed by atoms with Gasteiger partial charge >= 0.3 is 0 Å². The van der Waals surface area contributed by atoms with Crippen molar-refractivity contribution in [3.05, 3.63) is 40.4 Å². The lowest BCUT2D eigenvalue weighted by Gasteiger charge is -2.09. The summed E-state index contributed by atoms with van der Waals surface area (Å²) in [6, 6.07) is 4.14. The van der Waals surface area contributed by atoms with Crippen molar-refractivity contribution >= 4 is 15.9 Å². The molecule has 0 aromatic heterocycles. The minimum Gasteiger partial charge on any atom is -0.492 e. The van der Waals surface area contributed by atoms with Crippen LogP contribution in [0, 0.1) is 13.8 Å². The predicted octanol–water partition coefficient (Wildman–Crippen LogP) is 4.02. The normalized spacial score (nSPS) is 9.93. The molecule has 1 nitrogen and oxygen atoms in total. The van der Waals surface area contributed by atoms with E-state index in [1.165, 1.54) is 11.1 Å². The Balaban J connectivity index is 2.76. The number of benzene rings is 1. The van der Waals surface area contributed by atoms with Crippen molar-refractivity contribution in [1.29, 1.82) is 0 Å². The molecule has 0 spiro atoms. The first-order chi connectivity index (χ1) is 6.65. The zero-order chi connectivity index (χ0) is 10.6. The Morgan fingerprint density at radius 3 is 2.64 bits per heavy atom. The van der Waals surface area contributed by atoms with Crippen molar-refractivity contribution in [3.63, 3.8) is 0 Å². The Hall–Kier alpha value is -0.760.